The highest BCUT2D eigenvalue weighted by atomic mass is 35.5. The molecule has 3 nitrogen and oxygen atoms in total. The Morgan fingerprint density at radius 1 is 1.35 bits per heavy atom. The summed E-state index contributed by atoms with van der Waals surface area (Å²) in [6.45, 7) is 0.674. The number of unbranched alkanes of at least 4 members (excludes halogenated alkanes) is 1. The van der Waals surface area contributed by atoms with Gasteiger partial charge < -0.3 is 16.2 Å². The van der Waals surface area contributed by atoms with Crippen LogP contribution < -0.4 is 16.2 Å². The molecule has 0 saturated heterocycles. The lowest BCUT2D eigenvalue weighted by Crippen LogP contribution is -2.12. The molecule has 4 N–H and O–H groups in total. The van der Waals surface area contributed by atoms with E-state index in [9.17, 15) is 4.39 Å². The van der Waals surface area contributed by atoms with Gasteiger partial charge in [-0.2, -0.15) is 0 Å². The van der Waals surface area contributed by atoms with Crippen molar-refractivity contribution in [3.05, 3.63) is 29.6 Å². The minimum atomic E-state index is -0.310. The molecule has 0 aliphatic rings. The number of rotatable bonds is 6. The van der Waals surface area contributed by atoms with Gasteiger partial charge in [-0.25, -0.2) is 4.39 Å². The molecule has 1 aromatic carbocycles. The zero-order chi connectivity index (χ0) is 12.0. The molecule has 5 heteroatoms. The summed E-state index contributed by atoms with van der Waals surface area (Å²) in [4.78, 5) is 0. The van der Waals surface area contributed by atoms with E-state index in [2.05, 4.69) is 0 Å². The van der Waals surface area contributed by atoms with Gasteiger partial charge in [0.25, 0.3) is 0 Å². The first-order chi connectivity index (χ1) is 7.69. The highest BCUT2D eigenvalue weighted by Crippen LogP contribution is 2.27. The van der Waals surface area contributed by atoms with E-state index >= 15 is 0 Å². The molecule has 0 heterocycles. The third kappa shape index (κ3) is 4.89. The molecule has 0 unspecified atom stereocenters. The molecule has 98 valence electrons. The summed E-state index contributed by atoms with van der Waals surface area (Å²) < 4.78 is 18.1. The van der Waals surface area contributed by atoms with Crippen molar-refractivity contribution in [2.45, 2.75) is 25.3 Å². The molecule has 0 aliphatic carbocycles. The van der Waals surface area contributed by atoms with E-state index in [-0.39, 0.29) is 24.3 Å². The van der Waals surface area contributed by atoms with E-state index < -0.39 is 0 Å². The zero-order valence-corrected chi connectivity index (χ0v) is 10.8. The van der Waals surface area contributed by atoms with Crippen molar-refractivity contribution < 1.29 is 9.13 Å². The third-order valence-corrected chi connectivity index (χ3v) is 2.56. The predicted octanol–water partition coefficient (Wildman–Crippen LogP) is 2.38. The van der Waals surface area contributed by atoms with Gasteiger partial charge in [0.2, 0.25) is 0 Å². The Labute approximate surface area is 108 Å². The van der Waals surface area contributed by atoms with Crippen LogP contribution in [0.25, 0.3) is 0 Å². The zero-order valence-electron chi connectivity index (χ0n) is 9.99. The van der Waals surface area contributed by atoms with Crippen LogP contribution in [0.3, 0.4) is 0 Å². The average molecular weight is 263 g/mol. The predicted molar refractivity (Wildman–Crippen MR) is 70.0 cm³/mol. The first kappa shape index (κ1) is 16.2. The Kier molecular flexibility index (Phi) is 7.87. The normalized spacial score (nSPS) is 11.8. The number of hydrogen-bond donors (Lipinski definition) is 2. The van der Waals surface area contributed by atoms with Gasteiger partial charge in [-0.05, 0) is 25.5 Å². The van der Waals surface area contributed by atoms with Gasteiger partial charge in [0.1, 0.15) is 11.6 Å². The van der Waals surface area contributed by atoms with Crippen LogP contribution in [-0.2, 0) is 0 Å². The molecule has 0 radical (unpaired) electrons. The fourth-order valence-electron chi connectivity index (χ4n) is 1.66. The van der Waals surface area contributed by atoms with E-state index in [1.54, 1.807) is 6.07 Å². The van der Waals surface area contributed by atoms with Crippen molar-refractivity contribution >= 4 is 12.4 Å². The van der Waals surface area contributed by atoms with Crippen molar-refractivity contribution in [2.24, 2.45) is 11.5 Å². The standard InChI is InChI=1S/C12H19FN2O.ClH/c1-16-12-8-9(13)5-6-10(12)11(15)4-2-3-7-14;/h5-6,8,11H,2-4,7,14-15H2,1H3;1H/t11-;/m1./s1. The Morgan fingerprint density at radius 2 is 2.06 bits per heavy atom. The summed E-state index contributed by atoms with van der Waals surface area (Å²) in [5, 5.41) is 0. The second-order valence-corrected chi connectivity index (χ2v) is 3.78. The van der Waals surface area contributed by atoms with Crippen molar-refractivity contribution in [3.63, 3.8) is 0 Å². The van der Waals surface area contributed by atoms with Crippen LogP contribution in [0.2, 0.25) is 0 Å². The molecule has 0 aliphatic heterocycles. The molecule has 0 amide bonds. The maximum atomic E-state index is 13.0. The van der Waals surface area contributed by atoms with Crippen molar-refractivity contribution in [1.82, 2.24) is 0 Å². The average Bonchev–Trinajstić information content (AvgIpc) is 2.29. The van der Waals surface area contributed by atoms with Crippen LogP contribution in [0.4, 0.5) is 4.39 Å². The lowest BCUT2D eigenvalue weighted by atomic mass is 10.0. The molecule has 0 aromatic heterocycles. The smallest absolute Gasteiger partial charge is 0.126 e. The van der Waals surface area contributed by atoms with E-state index in [1.807, 2.05) is 0 Å². The fraction of sp³-hybridized carbons (Fsp3) is 0.500. The highest BCUT2D eigenvalue weighted by molar-refractivity contribution is 5.85. The number of methoxy groups -OCH3 is 1. The van der Waals surface area contributed by atoms with Crippen LogP contribution in [-0.4, -0.2) is 13.7 Å². The lowest BCUT2D eigenvalue weighted by molar-refractivity contribution is 0.400. The van der Waals surface area contributed by atoms with Gasteiger partial charge >= 0.3 is 0 Å². The SMILES string of the molecule is COc1cc(F)ccc1[C@H](N)CCCCN.Cl. The topological polar surface area (TPSA) is 61.3 Å². The maximum Gasteiger partial charge on any atom is 0.126 e. The quantitative estimate of drug-likeness (QED) is 0.774. The summed E-state index contributed by atoms with van der Waals surface area (Å²) in [6.07, 6.45) is 2.76. The lowest BCUT2D eigenvalue weighted by Gasteiger charge is -2.15. The van der Waals surface area contributed by atoms with Crippen LogP contribution in [0, 0.1) is 5.82 Å². The highest BCUT2D eigenvalue weighted by Gasteiger charge is 2.12. The monoisotopic (exact) mass is 262 g/mol. The largest absolute Gasteiger partial charge is 0.496 e. The van der Waals surface area contributed by atoms with Gasteiger partial charge in [-0.1, -0.05) is 12.5 Å². The maximum absolute atomic E-state index is 13.0. The van der Waals surface area contributed by atoms with Crippen molar-refractivity contribution in [2.75, 3.05) is 13.7 Å². The molecule has 17 heavy (non-hydrogen) atoms. The first-order valence-corrected chi connectivity index (χ1v) is 5.48. The summed E-state index contributed by atoms with van der Waals surface area (Å²) in [6, 6.07) is 4.32. The number of halogens is 2. The Bertz CT molecular complexity index is 336. The van der Waals surface area contributed by atoms with E-state index in [0.717, 1.165) is 24.8 Å². The minimum Gasteiger partial charge on any atom is -0.496 e. The molecular formula is C12H20ClFN2O. The van der Waals surface area contributed by atoms with E-state index in [0.29, 0.717) is 12.3 Å². The molecule has 1 aromatic rings. The second-order valence-electron chi connectivity index (χ2n) is 3.78. The summed E-state index contributed by atoms with van der Waals surface area (Å²) in [5.74, 6) is 0.204. The van der Waals surface area contributed by atoms with Gasteiger partial charge in [0, 0.05) is 17.7 Å². The molecule has 0 fully saturated rings. The van der Waals surface area contributed by atoms with Gasteiger partial charge in [-0.15, -0.1) is 12.4 Å². The molecule has 0 bridgehead atoms. The van der Waals surface area contributed by atoms with Crippen LogP contribution in [0.5, 0.6) is 5.75 Å². The molecule has 1 rings (SSSR count). The summed E-state index contributed by atoms with van der Waals surface area (Å²) >= 11 is 0. The minimum absolute atomic E-state index is 0. The number of nitrogens with two attached hydrogens (primary N) is 2. The second kappa shape index (κ2) is 8.28. The fourth-order valence-corrected chi connectivity index (χ4v) is 1.66. The van der Waals surface area contributed by atoms with Crippen molar-refractivity contribution in [1.29, 1.82) is 0 Å². The molecule has 0 saturated carbocycles. The van der Waals surface area contributed by atoms with E-state index in [4.69, 9.17) is 16.2 Å². The molecular weight excluding hydrogens is 243 g/mol. The summed E-state index contributed by atoms with van der Waals surface area (Å²) in [7, 11) is 1.52. The van der Waals surface area contributed by atoms with Gasteiger partial charge in [-0.3, -0.25) is 0 Å². The third-order valence-electron chi connectivity index (χ3n) is 2.56. The number of benzene rings is 1. The van der Waals surface area contributed by atoms with Gasteiger partial charge in [0.15, 0.2) is 0 Å². The van der Waals surface area contributed by atoms with Crippen LogP contribution >= 0.6 is 12.4 Å². The number of ether oxygens (including phenoxy) is 1. The van der Waals surface area contributed by atoms with Gasteiger partial charge in [0.05, 0.1) is 7.11 Å². The summed E-state index contributed by atoms with van der Waals surface area (Å²) in [5.41, 5.74) is 12.3. The number of hydrogen-bond acceptors (Lipinski definition) is 3. The Hall–Kier alpha value is -0.840. The molecule has 0 spiro atoms. The Morgan fingerprint density at radius 3 is 2.65 bits per heavy atom. The molecule has 1 atom stereocenters. The Balaban J connectivity index is 0.00000256. The van der Waals surface area contributed by atoms with Crippen LogP contribution in [0.15, 0.2) is 18.2 Å². The van der Waals surface area contributed by atoms with E-state index in [1.165, 1.54) is 19.2 Å². The van der Waals surface area contributed by atoms with Crippen LogP contribution in [0.1, 0.15) is 30.9 Å². The van der Waals surface area contributed by atoms with Crippen molar-refractivity contribution in [3.8, 4) is 5.75 Å². The first-order valence-electron chi connectivity index (χ1n) is 5.48.